The van der Waals surface area contributed by atoms with E-state index in [0.717, 1.165) is 90.3 Å². The standard InChI is InChI=1S/C32H33N7O/c33-31(40)24-10-13-38(14-11-24)20-21-16-26(17-21)30-29-19-35-12-15-39(29,34)32(37-30)25-7-6-23-8-9-27(36-28(23)18-25)22-4-2-1-3-5-22/h1-9,12,15,18-19,21,24,26H,10-11,13-14,16-17,20,34H2,(H-,33,40)/p+1. The van der Waals surface area contributed by atoms with E-state index in [-0.39, 0.29) is 16.4 Å². The van der Waals surface area contributed by atoms with E-state index in [2.05, 4.69) is 52.4 Å². The van der Waals surface area contributed by atoms with Crippen LogP contribution in [-0.2, 0) is 4.79 Å². The first-order chi connectivity index (χ1) is 19.5. The smallest absolute Gasteiger partial charge is 0.264 e. The minimum Gasteiger partial charge on any atom is -0.369 e. The van der Waals surface area contributed by atoms with Gasteiger partial charge < -0.3 is 10.6 Å². The number of aliphatic imine (C=N–C) groups is 2. The molecule has 8 heteroatoms. The molecule has 0 radical (unpaired) electrons. The first-order valence-electron chi connectivity index (χ1n) is 14.2. The van der Waals surface area contributed by atoms with Crippen molar-refractivity contribution in [1.82, 2.24) is 9.88 Å². The number of benzene rings is 2. The average Bonchev–Trinajstić information content (AvgIpc) is 3.27. The zero-order valence-corrected chi connectivity index (χ0v) is 22.5. The highest BCUT2D eigenvalue weighted by atomic mass is 16.1. The molecule has 0 bridgehead atoms. The van der Waals surface area contributed by atoms with Crippen LogP contribution in [0.15, 0.2) is 94.4 Å². The Kier molecular flexibility index (Phi) is 6.19. The number of pyridine rings is 1. The first kappa shape index (κ1) is 25.0. The number of likely N-dealkylation sites (tertiary alicyclic amines) is 1. The summed E-state index contributed by atoms with van der Waals surface area (Å²) in [5.41, 5.74) is 11.4. The van der Waals surface area contributed by atoms with E-state index in [1.807, 2.05) is 30.6 Å². The van der Waals surface area contributed by atoms with Crippen LogP contribution < -0.4 is 11.6 Å². The second-order valence-electron chi connectivity index (χ2n) is 11.5. The number of amidine groups is 1. The normalized spacial score (nSPS) is 26.6. The lowest BCUT2D eigenvalue weighted by atomic mass is 9.72. The molecule has 202 valence electrons. The van der Waals surface area contributed by atoms with Crippen LogP contribution in [0.1, 0.15) is 31.2 Å². The van der Waals surface area contributed by atoms with Crippen LogP contribution in [-0.4, -0.2) is 52.1 Å². The predicted molar refractivity (Wildman–Crippen MR) is 157 cm³/mol. The van der Waals surface area contributed by atoms with Crippen LogP contribution in [0.2, 0.25) is 0 Å². The molecule has 3 aromatic rings. The predicted octanol–water partition coefficient (Wildman–Crippen LogP) is 4.34. The second-order valence-corrected chi connectivity index (χ2v) is 11.5. The van der Waals surface area contributed by atoms with Gasteiger partial charge in [-0.2, -0.15) is 10.8 Å². The number of allylic oxidation sites excluding steroid dienone is 2. The fourth-order valence-electron chi connectivity index (χ4n) is 6.61. The van der Waals surface area contributed by atoms with Crippen molar-refractivity contribution in [1.29, 1.82) is 0 Å². The minimum absolute atomic E-state index is 0.0323. The quantitative estimate of drug-likeness (QED) is 0.363. The van der Waals surface area contributed by atoms with Gasteiger partial charge in [0.1, 0.15) is 11.9 Å². The van der Waals surface area contributed by atoms with Gasteiger partial charge in [0.2, 0.25) is 11.6 Å². The summed E-state index contributed by atoms with van der Waals surface area (Å²) in [4.78, 5) is 28.6. The molecule has 4 heterocycles. The van der Waals surface area contributed by atoms with Gasteiger partial charge in [0.25, 0.3) is 5.84 Å². The zero-order chi connectivity index (χ0) is 27.3. The number of aromatic nitrogens is 1. The van der Waals surface area contributed by atoms with Crippen LogP contribution in [0.25, 0.3) is 22.2 Å². The number of fused-ring (bicyclic) bond motifs is 2. The minimum atomic E-state index is -0.155. The Morgan fingerprint density at radius 2 is 1.77 bits per heavy atom. The largest absolute Gasteiger partial charge is 0.369 e. The number of nitrogens with two attached hydrogens (primary N) is 2. The Hall–Kier alpha value is -3.98. The summed E-state index contributed by atoms with van der Waals surface area (Å²) in [5, 5.41) is 1.08. The Balaban J connectivity index is 1.12. The number of nitrogens with zero attached hydrogens (tertiary/aromatic N) is 5. The second kappa shape index (κ2) is 9.89. The summed E-state index contributed by atoms with van der Waals surface area (Å²) < 4.78 is 0.0323. The van der Waals surface area contributed by atoms with Gasteiger partial charge in [0.05, 0.1) is 29.2 Å². The van der Waals surface area contributed by atoms with E-state index in [4.69, 9.17) is 21.6 Å². The summed E-state index contributed by atoms with van der Waals surface area (Å²) in [5.74, 6) is 8.71. The lowest BCUT2D eigenvalue weighted by molar-refractivity contribution is -0.750. The highest BCUT2D eigenvalue weighted by molar-refractivity contribution is 6.02. The molecule has 1 saturated heterocycles. The van der Waals surface area contributed by atoms with Gasteiger partial charge >= 0.3 is 0 Å². The molecule has 1 amide bonds. The highest BCUT2D eigenvalue weighted by Gasteiger charge is 2.48. The van der Waals surface area contributed by atoms with Crippen LogP contribution in [0.5, 0.6) is 0 Å². The maximum absolute atomic E-state index is 11.5. The molecule has 0 spiro atoms. The molecule has 1 aromatic heterocycles. The van der Waals surface area contributed by atoms with Crippen molar-refractivity contribution < 1.29 is 9.39 Å². The van der Waals surface area contributed by atoms with Gasteiger partial charge in [-0.15, -0.1) is 4.59 Å². The molecule has 1 unspecified atom stereocenters. The summed E-state index contributed by atoms with van der Waals surface area (Å²) in [6.45, 7) is 2.97. The summed E-state index contributed by atoms with van der Waals surface area (Å²) in [6, 6.07) is 20.7. The van der Waals surface area contributed by atoms with Crippen molar-refractivity contribution in [3.05, 3.63) is 90.0 Å². The molecule has 7 rings (SSSR count). The van der Waals surface area contributed by atoms with Crippen molar-refractivity contribution in [3.8, 4) is 11.3 Å². The maximum atomic E-state index is 11.5. The van der Waals surface area contributed by atoms with Crippen molar-refractivity contribution in [3.63, 3.8) is 0 Å². The van der Waals surface area contributed by atoms with Gasteiger partial charge in [-0.05, 0) is 62.9 Å². The molecule has 2 aromatic carbocycles. The van der Waals surface area contributed by atoms with Crippen molar-refractivity contribution in [2.75, 3.05) is 19.6 Å². The fraction of sp³-hybridized carbons (Fsp3) is 0.312. The molecule has 1 aliphatic carbocycles. The van der Waals surface area contributed by atoms with Crippen LogP contribution >= 0.6 is 0 Å². The number of piperidine rings is 1. The molecular formula is C32H34N7O+. The number of carbonyl (C=O) groups excluding carboxylic acids is 1. The number of quaternary nitrogens is 1. The van der Waals surface area contributed by atoms with Gasteiger partial charge in [-0.25, -0.2) is 4.98 Å². The molecule has 1 saturated carbocycles. The zero-order valence-electron chi connectivity index (χ0n) is 22.5. The van der Waals surface area contributed by atoms with Crippen molar-refractivity contribution in [2.24, 2.45) is 39.3 Å². The van der Waals surface area contributed by atoms with Crippen molar-refractivity contribution >= 4 is 28.9 Å². The van der Waals surface area contributed by atoms with Crippen LogP contribution in [0.4, 0.5) is 0 Å². The first-order valence-corrected chi connectivity index (χ1v) is 14.2. The number of rotatable bonds is 6. The van der Waals surface area contributed by atoms with E-state index in [1.165, 1.54) is 0 Å². The fourth-order valence-corrected chi connectivity index (χ4v) is 6.61. The van der Waals surface area contributed by atoms with Crippen LogP contribution in [0, 0.1) is 17.8 Å². The Morgan fingerprint density at radius 3 is 2.55 bits per heavy atom. The van der Waals surface area contributed by atoms with Crippen molar-refractivity contribution in [2.45, 2.75) is 25.7 Å². The van der Waals surface area contributed by atoms with Gasteiger partial charge in [-0.3, -0.25) is 9.79 Å². The van der Waals surface area contributed by atoms with E-state index in [1.54, 1.807) is 6.20 Å². The Bertz CT molecular complexity index is 1590. The number of amides is 1. The van der Waals surface area contributed by atoms with E-state index in [9.17, 15) is 4.79 Å². The van der Waals surface area contributed by atoms with E-state index >= 15 is 0 Å². The number of carbonyl (C=O) groups is 1. The topological polar surface area (TPSA) is 110 Å². The Morgan fingerprint density at radius 1 is 1.00 bits per heavy atom. The van der Waals surface area contributed by atoms with Gasteiger partial charge in [-0.1, -0.05) is 42.5 Å². The molecule has 2 fully saturated rings. The Labute approximate surface area is 234 Å². The average molecular weight is 533 g/mol. The highest BCUT2D eigenvalue weighted by Crippen LogP contribution is 2.45. The van der Waals surface area contributed by atoms with Crippen LogP contribution in [0.3, 0.4) is 0 Å². The summed E-state index contributed by atoms with van der Waals surface area (Å²) in [7, 11) is 0. The molecular weight excluding hydrogens is 498 g/mol. The molecule has 1 atom stereocenters. The summed E-state index contributed by atoms with van der Waals surface area (Å²) >= 11 is 0. The monoisotopic (exact) mass is 532 g/mol. The number of hydrogen-bond acceptors (Lipinski definition) is 6. The molecule has 4 aliphatic rings. The van der Waals surface area contributed by atoms with E-state index in [0.29, 0.717) is 11.8 Å². The SMILES string of the molecule is NC(=O)C1CCN(CC2CC(C3=C4C=NC=C[N+]4(N)C(c4ccc5ccc(-c6ccccc6)nc5c4)=N3)C2)CC1. The number of hydrogen-bond donors (Lipinski definition) is 2. The third-order valence-corrected chi connectivity index (χ3v) is 8.97. The molecule has 40 heavy (non-hydrogen) atoms. The summed E-state index contributed by atoms with van der Waals surface area (Å²) in [6.07, 6.45) is 9.47. The van der Waals surface area contributed by atoms with E-state index < -0.39 is 0 Å². The molecule has 3 aliphatic heterocycles. The maximum Gasteiger partial charge on any atom is 0.264 e. The van der Waals surface area contributed by atoms with Gasteiger partial charge in [0, 0.05) is 29.3 Å². The molecule has 8 nitrogen and oxygen atoms in total. The molecule has 4 N–H and O–H groups in total. The number of primary amides is 1. The third-order valence-electron chi connectivity index (χ3n) is 8.97. The lowest BCUT2D eigenvalue weighted by Gasteiger charge is -2.40. The third kappa shape index (κ3) is 4.38. The van der Waals surface area contributed by atoms with Gasteiger partial charge in [0.15, 0.2) is 0 Å². The lowest BCUT2D eigenvalue weighted by Crippen LogP contribution is -2.53.